The van der Waals surface area contributed by atoms with Gasteiger partial charge in [-0.2, -0.15) is 0 Å². The Morgan fingerprint density at radius 2 is 2.12 bits per heavy atom. The van der Waals surface area contributed by atoms with Gasteiger partial charge < -0.3 is 10.4 Å². The summed E-state index contributed by atoms with van der Waals surface area (Å²) in [6.07, 6.45) is 3.38. The molecule has 0 bridgehead atoms. The summed E-state index contributed by atoms with van der Waals surface area (Å²) in [6.45, 7) is 10.5. The first-order chi connectivity index (χ1) is 7.67. The number of aliphatic hydroxyl groups excluding tert-OH is 1. The molecule has 96 valence electrons. The lowest BCUT2D eigenvalue weighted by Crippen LogP contribution is -2.51. The Hall–Kier alpha value is -0.120. The molecule has 1 aliphatic heterocycles. The fraction of sp³-hybridized carbons (Fsp3) is 1.00. The molecule has 0 saturated carbocycles. The molecule has 0 radical (unpaired) electrons. The van der Waals surface area contributed by atoms with Gasteiger partial charge in [-0.25, -0.2) is 0 Å². The molecule has 0 amide bonds. The van der Waals surface area contributed by atoms with E-state index in [1.54, 1.807) is 0 Å². The van der Waals surface area contributed by atoms with Gasteiger partial charge in [0, 0.05) is 31.8 Å². The zero-order chi connectivity index (χ0) is 12.0. The van der Waals surface area contributed by atoms with E-state index < -0.39 is 0 Å². The number of aliphatic hydroxyl groups is 1. The molecule has 2 unspecified atom stereocenters. The van der Waals surface area contributed by atoms with Crippen molar-refractivity contribution >= 4 is 0 Å². The highest BCUT2D eigenvalue weighted by molar-refractivity contribution is 4.84. The molecule has 1 saturated heterocycles. The summed E-state index contributed by atoms with van der Waals surface area (Å²) in [5.74, 6) is 0.663. The summed E-state index contributed by atoms with van der Waals surface area (Å²) in [5.41, 5.74) is 0. The molecular formula is C13H28N2O. The maximum atomic E-state index is 9.07. The van der Waals surface area contributed by atoms with Crippen LogP contribution in [-0.4, -0.2) is 48.3 Å². The van der Waals surface area contributed by atoms with Crippen molar-refractivity contribution in [3.05, 3.63) is 0 Å². The third kappa shape index (κ3) is 4.40. The highest BCUT2D eigenvalue weighted by Crippen LogP contribution is 2.21. The van der Waals surface area contributed by atoms with Crippen molar-refractivity contribution in [1.82, 2.24) is 10.2 Å². The van der Waals surface area contributed by atoms with Crippen molar-refractivity contribution < 1.29 is 5.11 Å². The van der Waals surface area contributed by atoms with E-state index in [9.17, 15) is 0 Å². The van der Waals surface area contributed by atoms with Crippen molar-refractivity contribution in [2.24, 2.45) is 5.92 Å². The Kier molecular flexibility index (Phi) is 6.32. The molecule has 3 nitrogen and oxygen atoms in total. The van der Waals surface area contributed by atoms with E-state index >= 15 is 0 Å². The monoisotopic (exact) mass is 228 g/mol. The van der Waals surface area contributed by atoms with Crippen LogP contribution in [0.1, 0.15) is 40.0 Å². The summed E-state index contributed by atoms with van der Waals surface area (Å²) >= 11 is 0. The van der Waals surface area contributed by atoms with Gasteiger partial charge in [-0.3, -0.25) is 4.90 Å². The van der Waals surface area contributed by atoms with Gasteiger partial charge in [-0.1, -0.05) is 6.92 Å². The average Bonchev–Trinajstić information content (AvgIpc) is 2.26. The maximum Gasteiger partial charge on any atom is 0.0434 e. The second-order valence-electron chi connectivity index (χ2n) is 5.31. The molecule has 2 N–H and O–H groups in total. The first kappa shape index (κ1) is 13.9. The van der Waals surface area contributed by atoms with Gasteiger partial charge in [0.05, 0.1) is 0 Å². The lowest BCUT2D eigenvalue weighted by Gasteiger charge is -2.40. The maximum absolute atomic E-state index is 9.07. The van der Waals surface area contributed by atoms with Gasteiger partial charge in [0.2, 0.25) is 0 Å². The number of nitrogens with one attached hydrogen (secondary N) is 1. The second kappa shape index (κ2) is 7.25. The number of hydrogen-bond acceptors (Lipinski definition) is 3. The van der Waals surface area contributed by atoms with Gasteiger partial charge in [0.1, 0.15) is 0 Å². The minimum absolute atomic E-state index is 0.330. The van der Waals surface area contributed by atoms with E-state index in [2.05, 4.69) is 31.0 Å². The van der Waals surface area contributed by atoms with E-state index in [0.717, 1.165) is 19.5 Å². The highest BCUT2D eigenvalue weighted by atomic mass is 16.3. The number of piperidine rings is 1. The standard InChI is InChI=1S/C13H28N2O/c1-4-6-14-13-8-12(5-7-16)9-15(10-13)11(2)3/h11-14,16H,4-10H2,1-3H3. The van der Waals surface area contributed by atoms with E-state index in [4.69, 9.17) is 5.11 Å². The van der Waals surface area contributed by atoms with E-state index in [1.807, 2.05) is 0 Å². The normalized spacial score (nSPS) is 27.6. The van der Waals surface area contributed by atoms with Crippen molar-refractivity contribution in [1.29, 1.82) is 0 Å². The third-order valence-electron chi connectivity index (χ3n) is 3.52. The molecule has 0 aromatic carbocycles. The first-order valence-corrected chi connectivity index (χ1v) is 6.75. The molecule has 1 rings (SSSR count). The van der Waals surface area contributed by atoms with Gasteiger partial charge in [-0.15, -0.1) is 0 Å². The van der Waals surface area contributed by atoms with Crippen LogP contribution in [0.15, 0.2) is 0 Å². The minimum atomic E-state index is 0.330. The fourth-order valence-corrected chi connectivity index (χ4v) is 2.55. The molecule has 1 heterocycles. The van der Waals surface area contributed by atoms with Crippen LogP contribution in [0.2, 0.25) is 0 Å². The molecule has 3 heteroatoms. The SMILES string of the molecule is CCCNC1CC(CCO)CN(C(C)C)C1. The molecular weight excluding hydrogens is 200 g/mol. The van der Waals surface area contributed by atoms with Crippen molar-refractivity contribution in [2.75, 3.05) is 26.2 Å². The molecule has 0 aromatic rings. The van der Waals surface area contributed by atoms with Gasteiger partial charge in [0.25, 0.3) is 0 Å². The van der Waals surface area contributed by atoms with Crippen LogP contribution in [0.25, 0.3) is 0 Å². The molecule has 0 aliphatic carbocycles. The topological polar surface area (TPSA) is 35.5 Å². The lowest BCUT2D eigenvalue weighted by atomic mass is 9.91. The van der Waals surface area contributed by atoms with E-state index in [1.165, 1.54) is 19.4 Å². The van der Waals surface area contributed by atoms with Gasteiger partial charge in [0.15, 0.2) is 0 Å². The average molecular weight is 228 g/mol. The van der Waals surface area contributed by atoms with Crippen molar-refractivity contribution in [3.8, 4) is 0 Å². The van der Waals surface area contributed by atoms with Crippen LogP contribution in [0, 0.1) is 5.92 Å². The minimum Gasteiger partial charge on any atom is -0.396 e. The Balaban J connectivity index is 2.45. The Labute approximate surface area is 100 Å². The highest BCUT2D eigenvalue weighted by Gasteiger charge is 2.27. The van der Waals surface area contributed by atoms with E-state index in [0.29, 0.717) is 24.6 Å². The molecule has 0 spiro atoms. The van der Waals surface area contributed by atoms with Crippen LogP contribution < -0.4 is 5.32 Å². The third-order valence-corrected chi connectivity index (χ3v) is 3.52. The summed E-state index contributed by atoms with van der Waals surface area (Å²) in [5, 5.41) is 12.7. The predicted octanol–water partition coefficient (Wildman–Crippen LogP) is 1.47. The van der Waals surface area contributed by atoms with Crippen LogP contribution in [0.3, 0.4) is 0 Å². The van der Waals surface area contributed by atoms with Crippen LogP contribution in [0.5, 0.6) is 0 Å². The van der Waals surface area contributed by atoms with E-state index in [-0.39, 0.29) is 0 Å². The number of rotatable bonds is 6. The van der Waals surface area contributed by atoms with Crippen LogP contribution in [-0.2, 0) is 0 Å². The molecule has 16 heavy (non-hydrogen) atoms. The van der Waals surface area contributed by atoms with Crippen molar-refractivity contribution in [3.63, 3.8) is 0 Å². The summed E-state index contributed by atoms with van der Waals surface area (Å²) in [7, 11) is 0. The van der Waals surface area contributed by atoms with Crippen LogP contribution >= 0.6 is 0 Å². The predicted molar refractivity (Wildman–Crippen MR) is 68.6 cm³/mol. The molecule has 1 aliphatic rings. The summed E-state index contributed by atoms with van der Waals surface area (Å²) < 4.78 is 0. The summed E-state index contributed by atoms with van der Waals surface area (Å²) in [6, 6.07) is 1.24. The number of likely N-dealkylation sites (tertiary alicyclic amines) is 1. The first-order valence-electron chi connectivity index (χ1n) is 6.75. The van der Waals surface area contributed by atoms with Gasteiger partial charge >= 0.3 is 0 Å². The Bertz CT molecular complexity index is 185. The largest absolute Gasteiger partial charge is 0.396 e. The number of nitrogens with zero attached hydrogens (tertiary/aromatic N) is 1. The quantitative estimate of drug-likeness (QED) is 0.722. The number of hydrogen-bond donors (Lipinski definition) is 2. The second-order valence-corrected chi connectivity index (χ2v) is 5.31. The zero-order valence-electron chi connectivity index (χ0n) is 11.1. The summed E-state index contributed by atoms with van der Waals surface area (Å²) in [4.78, 5) is 2.54. The molecule has 1 fully saturated rings. The smallest absolute Gasteiger partial charge is 0.0434 e. The zero-order valence-corrected chi connectivity index (χ0v) is 11.1. The Morgan fingerprint density at radius 3 is 2.69 bits per heavy atom. The fourth-order valence-electron chi connectivity index (χ4n) is 2.55. The molecule has 0 aromatic heterocycles. The molecule has 2 atom stereocenters. The Morgan fingerprint density at radius 1 is 1.38 bits per heavy atom. The van der Waals surface area contributed by atoms with Crippen LogP contribution in [0.4, 0.5) is 0 Å². The van der Waals surface area contributed by atoms with Crippen molar-refractivity contribution in [2.45, 2.75) is 52.1 Å². The van der Waals surface area contributed by atoms with Gasteiger partial charge in [-0.05, 0) is 45.6 Å². The lowest BCUT2D eigenvalue weighted by molar-refractivity contribution is 0.0968.